The van der Waals surface area contributed by atoms with Gasteiger partial charge in [0.1, 0.15) is 10.7 Å². The van der Waals surface area contributed by atoms with E-state index < -0.39 is 0 Å². The zero-order valence-electron chi connectivity index (χ0n) is 12.0. The van der Waals surface area contributed by atoms with Crippen LogP contribution in [0.1, 0.15) is 5.56 Å². The van der Waals surface area contributed by atoms with Crippen LogP contribution in [0, 0.1) is 0 Å². The number of hydrogen-bond acceptors (Lipinski definition) is 4. The van der Waals surface area contributed by atoms with Crippen LogP contribution in [0.4, 0.5) is 0 Å². The smallest absolute Gasteiger partial charge is 0.108 e. The maximum atomic E-state index is 9.01. The van der Waals surface area contributed by atoms with Crippen LogP contribution in [0.15, 0.2) is 75.7 Å². The number of benzene rings is 2. The van der Waals surface area contributed by atoms with Gasteiger partial charge in [-0.3, -0.25) is 4.68 Å². The molecule has 1 heterocycles. The number of oxime groups is 1. The molecular formula is C17H15N3OS. The summed E-state index contributed by atoms with van der Waals surface area (Å²) in [5.41, 5.74) is 2.61. The molecule has 0 spiro atoms. The Morgan fingerprint density at radius 1 is 1.05 bits per heavy atom. The summed E-state index contributed by atoms with van der Waals surface area (Å²) in [7, 11) is 1.90. The molecule has 0 aliphatic rings. The van der Waals surface area contributed by atoms with Crippen LogP contribution in [0.3, 0.4) is 0 Å². The third-order valence-electron chi connectivity index (χ3n) is 3.22. The monoisotopic (exact) mass is 309 g/mol. The van der Waals surface area contributed by atoms with Gasteiger partial charge in [-0.25, -0.2) is 0 Å². The van der Waals surface area contributed by atoms with E-state index in [1.165, 1.54) is 6.21 Å². The Labute approximate surface area is 133 Å². The Bertz CT molecular complexity index is 782. The molecule has 0 aliphatic carbocycles. The molecule has 22 heavy (non-hydrogen) atoms. The highest BCUT2D eigenvalue weighted by Crippen LogP contribution is 2.34. The fraction of sp³-hybridized carbons (Fsp3) is 0.0588. The van der Waals surface area contributed by atoms with Crippen molar-refractivity contribution in [2.24, 2.45) is 12.2 Å². The lowest BCUT2D eigenvalue weighted by Gasteiger charge is -2.03. The van der Waals surface area contributed by atoms with Crippen LogP contribution < -0.4 is 0 Å². The standard InChI is InChI=1S/C17H15N3OS/c1-20-17(22-14-10-6-3-7-11-14)15(12-18-21)16(19-20)13-8-4-2-5-9-13/h2-12,21H,1H3. The normalized spacial score (nSPS) is 11.1. The van der Waals surface area contributed by atoms with E-state index in [1.54, 1.807) is 11.8 Å². The third-order valence-corrected chi connectivity index (χ3v) is 4.41. The zero-order valence-corrected chi connectivity index (χ0v) is 12.9. The Kier molecular flexibility index (Phi) is 4.25. The van der Waals surface area contributed by atoms with Gasteiger partial charge in [0.2, 0.25) is 0 Å². The topological polar surface area (TPSA) is 50.4 Å². The first-order valence-electron chi connectivity index (χ1n) is 6.82. The van der Waals surface area contributed by atoms with Gasteiger partial charge in [0, 0.05) is 17.5 Å². The molecule has 3 aromatic rings. The van der Waals surface area contributed by atoms with Crippen LogP contribution in [0.5, 0.6) is 0 Å². The fourth-order valence-electron chi connectivity index (χ4n) is 2.23. The Balaban J connectivity index is 2.09. The van der Waals surface area contributed by atoms with Gasteiger partial charge in [0.05, 0.1) is 11.8 Å². The molecule has 0 atom stereocenters. The summed E-state index contributed by atoms with van der Waals surface area (Å²) in [6.07, 6.45) is 1.45. The maximum Gasteiger partial charge on any atom is 0.108 e. The van der Waals surface area contributed by atoms with E-state index in [2.05, 4.69) is 10.3 Å². The molecule has 0 saturated heterocycles. The average Bonchev–Trinajstić information content (AvgIpc) is 2.86. The minimum atomic E-state index is 0.805. The van der Waals surface area contributed by atoms with Gasteiger partial charge in [-0.2, -0.15) is 5.10 Å². The third kappa shape index (κ3) is 2.89. The fourth-order valence-corrected chi connectivity index (χ4v) is 3.18. The molecule has 110 valence electrons. The first kappa shape index (κ1) is 14.4. The van der Waals surface area contributed by atoms with Crippen molar-refractivity contribution in [2.75, 3.05) is 0 Å². The first-order valence-corrected chi connectivity index (χ1v) is 7.64. The average molecular weight is 309 g/mol. The number of rotatable bonds is 4. The van der Waals surface area contributed by atoms with E-state index in [4.69, 9.17) is 5.21 Å². The minimum Gasteiger partial charge on any atom is -0.411 e. The van der Waals surface area contributed by atoms with Gasteiger partial charge in [0.25, 0.3) is 0 Å². The molecule has 0 radical (unpaired) electrons. The molecule has 4 nitrogen and oxygen atoms in total. The van der Waals surface area contributed by atoms with Gasteiger partial charge in [-0.1, -0.05) is 65.4 Å². The Morgan fingerprint density at radius 2 is 1.68 bits per heavy atom. The summed E-state index contributed by atoms with van der Waals surface area (Å²) < 4.78 is 1.82. The second kappa shape index (κ2) is 6.49. The number of hydrogen-bond donors (Lipinski definition) is 1. The predicted molar refractivity (Wildman–Crippen MR) is 88.6 cm³/mol. The van der Waals surface area contributed by atoms with Crippen molar-refractivity contribution in [2.45, 2.75) is 9.92 Å². The van der Waals surface area contributed by atoms with Gasteiger partial charge in [0.15, 0.2) is 0 Å². The molecule has 0 fully saturated rings. The molecule has 1 aromatic heterocycles. The quantitative estimate of drug-likeness (QED) is 0.449. The van der Waals surface area contributed by atoms with E-state index in [1.807, 2.05) is 72.4 Å². The van der Waals surface area contributed by atoms with Gasteiger partial charge < -0.3 is 5.21 Å². The lowest BCUT2D eigenvalue weighted by molar-refractivity contribution is 0.321. The lowest BCUT2D eigenvalue weighted by atomic mass is 10.1. The SMILES string of the molecule is Cn1nc(-c2ccccc2)c(C=NO)c1Sc1ccccc1. The number of nitrogens with zero attached hydrogens (tertiary/aromatic N) is 3. The summed E-state index contributed by atoms with van der Waals surface area (Å²) >= 11 is 1.59. The highest BCUT2D eigenvalue weighted by atomic mass is 32.2. The maximum absolute atomic E-state index is 9.01. The second-order valence-corrected chi connectivity index (χ2v) is 5.78. The van der Waals surface area contributed by atoms with E-state index in [0.717, 1.165) is 26.7 Å². The van der Waals surface area contributed by atoms with Crippen molar-refractivity contribution in [3.63, 3.8) is 0 Å². The molecule has 0 amide bonds. The van der Waals surface area contributed by atoms with Crippen molar-refractivity contribution in [3.05, 3.63) is 66.2 Å². The molecule has 0 unspecified atom stereocenters. The van der Waals surface area contributed by atoms with Gasteiger partial charge in [-0.15, -0.1) is 0 Å². The second-order valence-electron chi connectivity index (χ2n) is 4.72. The Hall–Kier alpha value is -2.53. The first-order chi connectivity index (χ1) is 10.8. The van der Waals surface area contributed by atoms with Crippen LogP contribution in [0.2, 0.25) is 0 Å². The minimum absolute atomic E-state index is 0.805. The summed E-state index contributed by atoms with van der Waals surface area (Å²) in [6.45, 7) is 0. The molecule has 5 heteroatoms. The summed E-state index contributed by atoms with van der Waals surface area (Å²) in [6, 6.07) is 19.9. The molecular weight excluding hydrogens is 294 g/mol. The van der Waals surface area contributed by atoms with E-state index in [-0.39, 0.29) is 0 Å². The molecule has 0 saturated carbocycles. The van der Waals surface area contributed by atoms with E-state index in [0.29, 0.717) is 0 Å². The van der Waals surface area contributed by atoms with Crippen molar-refractivity contribution in [1.82, 2.24) is 9.78 Å². The van der Waals surface area contributed by atoms with Gasteiger partial charge in [-0.05, 0) is 12.1 Å². The molecule has 1 N–H and O–H groups in total. The van der Waals surface area contributed by atoms with Crippen molar-refractivity contribution in [1.29, 1.82) is 0 Å². The number of aromatic nitrogens is 2. The largest absolute Gasteiger partial charge is 0.411 e. The highest BCUT2D eigenvalue weighted by molar-refractivity contribution is 7.99. The molecule has 0 bridgehead atoms. The summed E-state index contributed by atoms with van der Waals surface area (Å²) in [5, 5.41) is 17.8. The lowest BCUT2D eigenvalue weighted by Crippen LogP contribution is -1.93. The summed E-state index contributed by atoms with van der Waals surface area (Å²) in [4.78, 5) is 1.11. The summed E-state index contributed by atoms with van der Waals surface area (Å²) in [5.74, 6) is 0. The highest BCUT2D eigenvalue weighted by Gasteiger charge is 2.17. The van der Waals surface area contributed by atoms with Crippen LogP contribution in [0.25, 0.3) is 11.3 Å². The van der Waals surface area contributed by atoms with Crippen molar-refractivity contribution < 1.29 is 5.21 Å². The van der Waals surface area contributed by atoms with Crippen LogP contribution >= 0.6 is 11.8 Å². The predicted octanol–water partition coefficient (Wildman–Crippen LogP) is 4.05. The van der Waals surface area contributed by atoms with Crippen LogP contribution in [-0.2, 0) is 7.05 Å². The van der Waals surface area contributed by atoms with Crippen molar-refractivity contribution in [3.8, 4) is 11.3 Å². The van der Waals surface area contributed by atoms with E-state index in [9.17, 15) is 0 Å². The molecule has 0 aliphatic heterocycles. The van der Waals surface area contributed by atoms with Crippen molar-refractivity contribution >= 4 is 18.0 Å². The molecule has 3 rings (SSSR count). The van der Waals surface area contributed by atoms with Gasteiger partial charge >= 0.3 is 0 Å². The zero-order chi connectivity index (χ0) is 15.4. The number of aryl methyl sites for hydroxylation is 1. The Morgan fingerprint density at radius 3 is 2.32 bits per heavy atom. The molecule has 2 aromatic carbocycles. The van der Waals surface area contributed by atoms with Crippen LogP contribution in [-0.4, -0.2) is 21.2 Å². The van der Waals surface area contributed by atoms with E-state index >= 15 is 0 Å².